The van der Waals surface area contributed by atoms with Crippen molar-refractivity contribution in [2.75, 3.05) is 5.32 Å². The van der Waals surface area contributed by atoms with Crippen molar-refractivity contribution in [2.45, 2.75) is 13.8 Å². The van der Waals surface area contributed by atoms with Crippen LogP contribution in [0.25, 0.3) is 0 Å². The summed E-state index contributed by atoms with van der Waals surface area (Å²) >= 11 is 6.91. The van der Waals surface area contributed by atoms with Crippen LogP contribution in [0.1, 0.15) is 17.0 Å². The van der Waals surface area contributed by atoms with Gasteiger partial charge in [-0.2, -0.15) is 5.26 Å². The molecule has 1 heterocycles. The summed E-state index contributed by atoms with van der Waals surface area (Å²) in [5.41, 5.74) is 3.87. The summed E-state index contributed by atoms with van der Waals surface area (Å²) in [6.07, 6.45) is 0. The van der Waals surface area contributed by atoms with E-state index in [1.165, 1.54) is 0 Å². The molecule has 2 rings (SSSR count). The molecule has 96 valence electrons. The minimum atomic E-state index is 0.570. The number of hydrogen-bond donors (Lipinski definition) is 1. The van der Waals surface area contributed by atoms with Gasteiger partial charge in [0, 0.05) is 14.6 Å². The zero-order chi connectivity index (χ0) is 14.0. The first-order valence-corrected chi connectivity index (χ1v) is 7.20. The molecule has 0 unspecified atom stereocenters. The summed E-state index contributed by atoms with van der Waals surface area (Å²) in [6.45, 7) is 3.75. The van der Waals surface area contributed by atoms with E-state index in [9.17, 15) is 5.26 Å². The van der Waals surface area contributed by atoms with E-state index < -0.39 is 0 Å². The minimum Gasteiger partial charge on any atom is -0.353 e. The first kappa shape index (κ1) is 14.0. The molecule has 5 heteroatoms. The van der Waals surface area contributed by atoms with Gasteiger partial charge in [0.05, 0.1) is 22.6 Å². The molecule has 0 aliphatic carbocycles. The summed E-state index contributed by atoms with van der Waals surface area (Å²) in [5.74, 6) is 0. The molecule has 0 aliphatic heterocycles. The highest BCUT2D eigenvalue weighted by molar-refractivity contribution is 9.11. The van der Waals surface area contributed by atoms with Crippen molar-refractivity contribution in [3.63, 3.8) is 0 Å². The molecule has 1 aromatic carbocycles. The fraction of sp³-hybridized carbons (Fsp3) is 0.143. The summed E-state index contributed by atoms with van der Waals surface area (Å²) in [5, 5.41) is 12.5. The number of pyridine rings is 1. The van der Waals surface area contributed by atoms with Crippen LogP contribution in [-0.4, -0.2) is 4.98 Å². The minimum absolute atomic E-state index is 0.570. The van der Waals surface area contributed by atoms with Gasteiger partial charge in [0.1, 0.15) is 6.07 Å². The van der Waals surface area contributed by atoms with Crippen LogP contribution < -0.4 is 5.32 Å². The van der Waals surface area contributed by atoms with Crippen molar-refractivity contribution < 1.29 is 0 Å². The van der Waals surface area contributed by atoms with E-state index in [0.717, 1.165) is 31.7 Å². The highest BCUT2D eigenvalue weighted by Gasteiger charge is 2.09. The van der Waals surface area contributed by atoms with Gasteiger partial charge in [0.2, 0.25) is 0 Å². The summed E-state index contributed by atoms with van der Waals surface area (Å²) in [7, 11) is 0. The number of nitriles is 1. The van der Waals surface area contributed by atoms with E-state index in [0.29, 0.717) is 5.56 Å². The number of nitrogens with zero attached hydrogens (tertiary/aromatic N) is 2. The Hall–Kier alpha value is -1.38. The zero-order valence-electron chi connectivity index (χ0n) is 10.5. The van der Waals surface area contributed by atoms with Gasteiger partial charge in [-0.05, 0) is 54.0 Å². The van der Waals surface area contributed by atoms with Crippen molar-refractivity contribution >= 4 is 43.2 Å². The van der Waals surface area contributed by atoms with Crippen molar-refractivity contribution in [2.24, 2.45) is 0 Å². The maximum Gasteiger partial charge on any atom is 0.103 e. The van der Waals surface area contributed by atoms with Crippen LogP contribution in [0.5, 0.6) is 0 Å². The third-order valence-corrected chi connectivity index (χ3v) is 3.79. The van der Waals surface area contributed by atoms with Crippen LogP contribution in [0, 0.1) is 25.2 Å². The average molecular weight is 381 g/mol. The lowest BCUT2D eigenvalue weighted by molar-refractivity contribution is 1.11. The Balaban J connectivity index is 2.46. The summed E-state index contributed by atoms with van der Waals surface area (Å²) < 4.78 is 1.92. The lowest BCUT2D eigenvalue weighted by atomic mass is 10.1. The van der Waals surface area contributed by atoms with Crippen LogP contribution in [0.4, 0.5) is 11.4 Å². The SMILES string of the molecule is Cc1cc(Nc2ccc(Br)cc2Br)c(C#N)c(C)n1. The highest BCUT2D eigenvalue weighted by Crippen LogP contribution is 2.30. The lowest BCUT2D eigenvalue weighted by Crippen LogP contribution is -2.00. The van der Waals surface area contributed by atoms with Crippen molar-refractivity contribution in [3.05, 3.63) is 50.2 Å². The molecular formula is C14H11Br2N3. The number of anilines is 2. The Bertz CT molecular complexity index is 675. The standard InChI is InChI=1S/C14H11Br2N3/c1-8-5-14(11(7-17)9(2)18-8)19-13-4-3-10(15)6-12(13)16/h3-6H,1-2H3,(H,18,19). The van der Waals surface area contributed by atoms with E-state index in [2.05, 4.69) is 48.2 Å². The first-order chi connectivity index (χ1) is 9.01. The fourth-order valence-corrected chi connectivity index (χ4v) is 2.95. The second kappa shape index (κ2) is 5.72. The second-order valence-electron chi connectivity index (χ2n) is 4.13. The van der Waals surface area contributed by atoms with Gasteiger partial charge < -0.3 is 5.32 Å². The Morgan fingerprint density at radius 1 is 1.16 bits per heavy atom. The van der Waals surface area contributed by atoms with Crippen LogP contribution >= 0.6 is 31.9 Å². The Labute approximate surface area is 128 Å². The molecule has 1 aromatic heterocycles. The Morgan fingerprint density at radius 3 is 2.53 bits per heavy atom. The van der Waals surface area contributed by atoms with Crippen molar-refractivity contribution in [3.8, 4) is 6.07 Å². The fourth-order valence-electron chi connectivity index (χ4n) is 1.80. The van der Waals surface area contributed by atoms with E-state index in [1.807, 2.05) is 38.1 Å². The van der Waals surface area contributed by atoms with E-state index in [4.69, 9.17) is 0 Å². The molecular weight excluding hydrogens is 370 g/mol. The van der Waals surface area contributed by atoms with Gasteiger partial charge in [0.25, 0.3) is 0 Å². The number of aromatic nitrogens is 1. The third kappa shape index (κ3) is 3.14. The number of benzene rings is 1. The first-order valence-electron chi connectivity index (χ1n) is 5.61. The normalized spacial score (nSPS) is 10.1. The molecule has 3 nitrogen and oxygen atoms in total. The van der Waals surface area contributed by atoms with Gasteiger partial charge in [0.15, 0.2) is 0 Å². The molecule has 2 aromatic rings. The topological polar surface area (TPSA) is 48.7 Å². The average Bonchev–Trinajstić information content (AvgIpc) is 2.32. The predicted molar refractivity (Wildman–Crippen MR) is 83.6 cm³/mol. The largest absolute Gasteiger partial charge is 0.353 e. The highest BCUT2D eigenvalue weighted by atomic mass is 79.9. The molecule has 0 radical (unpaired) electrons. The maximum atomic E-state index is 9.23. The lowest BCUT2D eigenvalue weighted by Gasteiger charge is -2.12. The van der Waals surface area contributed by atoms with Crippen LogP contribution in [0.2, 0.25) is 0 Å². The molecule has 0 aliphatic rings. The Morgan fingerprint density at radius 2 is 1.89 bits per heavy atom. The number of nitrogens with one attached hydrogen (secondary N) is 1. The van der Waals surface area contributed by atoms with Gasteiger partial charge in [-0.1, -0.05) is 15.9 Å². The molecule has 0 fully saturated rings. The molecule has 0 atom stereocenters. The van der Waals surface area contributed by atoms with Gasteiger partial charge in [-0.3, -0.25) is 4.98 Å². The van der Waals surface area contributed by atoms with Gasteiger partial charge >= 0.3 is 0 Å². The molecule has 19 heavy (non-hydrogen) atoms. The van der Waals surface area contributed by atoms with Gasteiger partial charge in [-0.25, -0.2) is 0 Å². The molecule has 0 amide bonds. The molecule has 1 N–H and O–H groups in total. The molecule has 0 bridgehead atoms. The smallest absolute Gasteiger partial charge is 0.103 e. The van der Waals surface area contributed by atoms with Gasteiger partial charge in [-0.15, -0.1) is 0 Å². The third-order valence-electron chi connectivity index (χ3n) is 2.64. The number of rotatable bonds is 2. The number of hydrogen-bond acceptors (Lipinski definition) is 3. The van der Waals surface area contributed by atoms with Crippen molar-refractivity contribution in [1.29, 1.82) is 5.26 Å². The quantitative estimate of drug-likeness (QED) is 0.810. The monoisotopic (exact) mass is 379 g/mol. The van der Waals surface area contributed by atoms with Crippen LogP contribution in [-0.2, 0) is 0 Å². The summed E-state index contributed by atoms with van der Waals surface area (Å²) in [4.78, 5) is 4.30. The van der Waals surface area contributed by atoms with Crippen molar-refractivity contribution in [1.82, 2.24) is 4.98 Å². The maximum absolute atomic E-state index is 9.23. The van der Waals surface area contributed by atoms with Crippen LogP contribution in [0.15, 0.2) is 33.2 Å². The van der Waals surface area contributed by atoms with Crippen LogP contribution in [0.3, 0.4) is 0 Å². The molecule has 0 saturated heterocycles. The van der Waals surface area contributed by atoms with E-state index in [-0.39, 0.29) is 0 Å². The van der Waals surface area contributed by atoms with E-state index in [1.54, 1.807) is 0 Å². The van der Waals surface area contributed by atoms with E-state index >= 15 is 0 Å². The number of aryl methyl sites for hydroxylation is 2. The predicted octanol–water partition coefficient (Wildman–Crippen LogP) is 4.84. The Kier molecular flexibility index (Phi) is 4.23. The molecule has 0 saturated carbocycles. The zero-order valence-corrected chi connectivity index (χ0v) is 13.6. The number of halogens is 2. The second-order valence-corrected chi connectivity index (χ2v) is 5.90. The summed E-state index contributed by atoms with van der Waals surface area (Å²) in [6, 6.07) is 9.91. The molecule has 0 spiro atoms.